The van der Waals surface area contributed by atoms with Gasteiger partial charge in [-0.2, -0.15) is 0 Å². The first-order chi connectivity index (χ1) is 9.11. The van der Waals surface area contributed by atoms with Gasteiger partial charge in [0.05, 0.1) is 22.2 Å². The van der Waals surface area contributed by atoms with E-state index >= 15 is 0 Å². The third kappa shape index (κ3) is 3.48. The molecule has 1 aromatic rings. The van der Waals surface area contributed by atoms with Crippen molar-refractivity contribution in [2.75, 3.05) is 37.4 Å². The second-order valence-electron chi connectivity index (χ2n) is 5.11. The zero-order chi connectivity index (χ0) is 13.8. The molecule has 0 amide bonds. The molecule has 2 heterocycles. The van der Waals surface area contributed by atoms with Crippen molar-refractivity contribution in [1.82, 2.24) is 0 Å². The van der Waals surface area contributed by atoms with Crippen LogP contribution in [0.5, 0.6) is 0 Å². The van der Waals surface area contributed by atoms with Crippen molar-refractivity contribution in [1.29, 1.82) is 0 Å². The van der Waals surface area contributed by atoms with E-state index in [0.717, 1.165) is 31.2 Å². The van der Waals surface area contributed by atoms with Gasteiger partial charge in [0.1, 0.15) is 0 Å². The van der Waals surface area contributed by atoms with Gasteiger partial charge < -0.3 is 15.4 Å². The van der Waals surface area contributed by atoms with Crippen LogP contribution in [-0.2, 0) is 4.74 Å². The van der Waals surface area contributed by atoms with Crippen molar-refractivity contribution in [3.05, 3.63) is 10.9 Å². The van der Waals surface area contributed by atoms with Crippen LogP contribution in [-0.4, -0.2) is 32.6 Å². The third-order valence-electron chi connectivity index (χ3n) is 3.49. The number of hydrogen-bond acceptors (Lipinski definition) is 5. The third-order valence-corrected chi connectivity index (χ3v) is 4.79. The van der Waals surface area contributed by atoms with Gasteiger partial charge in [0.2, 0.25) is 0 Å². The fraction of sp³-hybridized carbons (Fsp3) is 0.643. The second-order valence-corrected chi connectivity index (χ2v) is 6.14. The van der Waals surface area contributed by atoms with Crippen molar-refractivity contribution < 1.29 is 9.53 Å². The van der Waals surface area contributed by atoms with Crippen LogP contribution in [0.2, 0.25) is 0 Å². The number of rotatable bonds is 5. The van der Waals surface area contributed by atoms with Gasteiger partial charge in [-0.05, 0) is 24.8 Å². The van der Waals surface area contributed by atoms with Crippen LogP contribution in [0.4, 0.5) is 10.7 Å². The summed E-state index contributed by atoms with van der Waals surface area (Å²) in [4.78, 5) is 14.6. The number of carbonyl (C=O) groups is 1. The maximum atomic E-state index is 11.8. The number of ether oxygens (including phenoxy) is 1. The molecule has 0 spiro atoms. The molecule has 0 aliphatic carbocycles. The fourth-order valence-electron chi connectivity index (χ4n) is 2.39. The number of hydrogen-bond donors (Lipinski definition) is 1. The Morgan fingerprint density at radius 3 is 3.05 bits per heavy atom. The van der Waals surface area contributed by atoms with E-state index in [1.807, 2.05) is 13.0 Å². The molecule has 106 valence electrons. The zero-order valence-corrected chi connectivity index (χ0v) is 12.5. The molecule has 0 bridgehead atoms. The number of thiophene rings is 1. The lowest BCUT2D eigenvalue weighted by molar-refractivity contribution is 0.0577. The minimum Gasteiger partial charge on any atom is -0.397 e. The lowest BCUT2D eigenvalue weighted by atomic mass is 10.0. The first kappa shape index (κ1) is 14.3. The van der Waals surface area contributed by atoms with E-state index in [-0.39, 0.29) is 5.78 Å². The van der Waals surface area contributed by atoms with E-state index < -0.39 is 0 Å². The molecule has 1 aromatic heterocycles. The largest absolute Gasteiger partial charge is 0.397 e. The molecule has 1 fully saturated rings. The Bertz CT molecular complexity index is 439. The van der Waals surface area contributed by atoms with Crippen LogP contribution in [0, 0.1) is 5.92 Å². The van der Waals surface area contributed by atoms with Gasteiger partial charge in [-0.1, -0.05) is 6.92 Å². The van der Waals surface area contributed by atoms with Crippen molar-refractivity contribution in [2.45, 2.75) is 26.2 Å². The number of Topliss-reactive ketones (excluding diaryl/α,β-unsaturated/α-hetero) is 1. The quantitative estimate of drug-likeness (QED) is 0.844. The van der Waals surface area contributed by atoms with Crippen LogP contribution in [0.1, 0.15) is 35.9 Å². The molecule has 0 radical (unpaired) electrons. The Labute approximate surface area is 118 Å². The zero-order valence-electron chi connectivity index (χ0n) is 11.6. The summed E-state index contributed by atoms with van der Waals surface area (Å²) < 4.78 is 5.50. The van der Waals surface area contributed by atoms with E-state index in [0.29, 0.717) is 22.9 Å². The summed E-state index contributed by atoms with van der Waals surface area (Å²) >= 11 is 1.50. The number of nitrogens with two attached hydrogens (primary N) is 1. The monoisotopic (exact) mass is 282 g/mol. The first-order valence-electron chi connectivity index (χ1n) is 6.83. The number of carbonyl (C=O) groups excluding carboxylic acids is 1. The minimum absolute atomic E-state index is 0.128. The Morgan fingerprint density at radius 2 is 2.42 bits per heavy atom. The van der Waals surface area contributed by atoms with E-state index in [4.69, 9.17) is 10.5 Å². The summed E-state index contributed by atoms with van der Waals surface area (Å²) in [5.74, 6) is 0.704. The highest BCUT2D eigenvalue weighted by atomic mass is 32.1. The highest BCUT2D eigenvalue weighted by Crippen LogP contribution is 2.33. The Kier molecular flexibility index (Phi) is 4.82. The van der Waals surface area contributed by atoms with Gasteiger partial charge in [0, 0.05) is 26.6 Å². The lowest BCUT2D eigenvalue weighted by Crippen LogP contribution is -2.30. The van der Waals surface area contributed by atoms with E-state index in [2.05, 4.69) is 11.9 Å². The molecule has 0 aromatic carbocycles. The first-order valence-corrected chi connectivity index (χ1v) is 7.64. The summed E-state index contributed by atoms with van der Waals surface area (Å²) in [6.07, 6.45) is 2.86. The predicted molar refractivity (Wildman–Crippen MR) is 80.2 cm³/mol. The lowest BCUT2D eigenvalue weighted by Gasteiger charge is -2.27. The Morgan fingerprint density at radius 1 is 1.63 bits per heavy atom. The molecular weight excluding hydrogens is 260 g/mol. The van der Waals surface area contributed by atoms with E-state index in [1.165, 1.54) is 17.8 Å². The molecule has 2 rings (SSSR count). The standard InChI is InChI=1S/C14H22N2O2S/c1-3-12(17)14-11(15)7-13(19-14)16(2)8-10-5-4-6-18-9-10/h7,10H,3-6,8-9,15H2,1-2H3. The molecule has 4 nitrogen and oxygen atoms in total. The van der Waals surface area contributed by atoms with Crippen LogP contribution >= 0.6 is 11.3 Å². The number of anilines is 2. The molecule has 0 saturated carbocycles. The molecule has 1 aliphatic heterocycles. The van der Waals surface area contributed by atoms with Crippen LogP contribution in [0.3, 0.4) is 0 Å². The predicted octanol–water partition coefficient (Wildman–Crippen LogP) is 2.79. The van der Waals surface area contributed by atoms with Crippen molar-refractivity contribution in [3.8, 4) is 0 Å². The summed E-state index contributed by atoms with van der Waals surface area (Å²) in [5, 5.41) is 1.07. The van der Waals surface area contributed by atoms with Gasteiger partial charge >= 0.3 is 0 Å². The molecule has 1 atom stereocenters. The average molecular weight is 282 g/mol. The maximum Gasteiger partial charge on any atom is 0.174 e. The topological polar surface area (TPSA) is 55.6 Å². The van der Waals surface area contributed by atoms with Crippen LogP contribution in [0.15, 0.2) is 6.07 Å². The van der Waals surface area contributed by atoms with Gasteiger partial charge in [0.25, 0.3) is 0 Å². The number of ketones is 1. The Balaban J connectivity index is 2.02. The van der Waals surface area contributed by atoms with Gasteiger partial charge in [-0.15, -0.1) is 11.3 Å². The fourth-order valence-corrected chi connectivity index (χ4v) is 3.45. The summed E-state index contributed by atoms with van der Waals surface area (Å²) in [7, 11) is 2.06. The van der Waals surface area contributed by atoms with Crippen LogP contribution in [0.25, 0.3) is 0 Å². The van der Waals surface area contributed by atoms with Gasteiger partial charge in [0.15, 0.2) is 5.78 Å². The molecule has 1 unspecified atom stereocenters. The summed E-state index contributed by atoms with van der Waals surface area (Å²) in [6.45, 7) is 4.55. The normalized spacial score (nSPS) is 19.4. The average Bonchev–Trinajstić information content (AvgIpc) is 2.81. The summed E-state index contributed by atoms with van der Waals surface area (Å²) in [5.41, 5.74) is 6.54. The van der Waals surface area contributed by atoms with E-state index in [9.17, 15) is 4.79 Å². The van der Waals surface area contributed by atoms with Crippen molar-refractivity contribution >= 4 is 27.8 Å². The molecule has 1 aliphatic rings. The number of nitrogen functional groups attached to an aromatic ring is 1. The Hall–Kier alpha value is -1.07. The highest BCUT2D eigenvalue weighted by molar-refractivity contribution is 7.18. The smallest absolute Gasteiger partial charge is 0.174 e. The molecule has 5 heteroatoms. The molecule has 19 heavy (non-hydrogen) atoms. The molecule has 2 N–H and O–H groups in total. The van der Waals surface area contributed by atoms with Gasteiger partial charge in [-0.3, -0.25) is 4.79 Å². The highest BCUT2D eigenvalue weighted by Gasteiger charge is 2.19. The molecular formula is C14H22N2O2S. The SMILES string of the molecule is CCC(=O)c1sc(N(C)CC2CCCOC2)cc1N. The second kappa shape index (κ2) is 6.39. The summed E-state index contributed by atoms with van der Waals surface area (Å²) in [6, 6.07) is 1.91. The van der Waals surface area contributed by atoms with Crippen LogP contribution < -0.4 is 10.6 Å². The van der Waals surface area contributed by atoms with Crippen molar-refractivity contribution in [3.63, 3.8) is 0 Å². The maximum absolute atomic E-state index is 11.8. The number of nitrogens with zero attached hydrogens (tertiary/aromatic N) is 1. The molecule has 1 saturated heterocycles. The minimum atomic E-state index is 0.128. The van der Waals surface area contributed by atoms with E-state index in [1.54, 1.807) is 0 Å². The van der Waals surface area contributed by atoms with Gasteiger partial charge in [-0.25, -0.2) is 0 Å². The van der Waals surface area contributed by atoms with Crippen molar-refractivity contribution in [2.24, 2.45) is 5.92 Å².